The molecule has 1 N–H and O–H groups in total. The molecule has 0 aromatic rings. The summed E-state index contributed by atoms with van der Waals surface area (Å²) in [7, 11) is 0. The molecule has 0 radical (unpaired) electrons. The minimum atomic E-state index is -2.11. The fourth-order valence-corrected chi connectivity index (χ4v) is 21.3. The third-order valence-corrected chi connectivity index (χ3v) is 21.2. The van der Waals surface area contributed by atoms with Gasteiger partial charge in [-0.3, -0.25) is 0 Å². The molecule has 21 heavy (non-hydrogen) atoms. The number of carbonyl (C=O) groups excluding carboxylic acids is 1. The molecule has 1 rings (SSSR count). The first kappa shape index (κ1) is 19.3. The molecule has 0 saturated carbocycles. The van der Waals surface area contributed by atoms with E-state index >= 15 is 0 Å². The molecular weight excluding hydrogens is 365 g/mol. The normalized spacial score (nSPS) is 19.6. The van der Waals surface area contributed by atoms with Crippen LogP contribution >= 0.6 is 0 Å². The average Bonchev–Trinajstić information content (AvgIpc) is 2.51. The molecule has 1 heterocycles. The van der Waals surface area contributed by atoms with Crippen molar-refractivity contribution in [1.29, 1.82) is 0 Å². The summed E-state index contributed by atoms with van der Waals surface area (Å²) in [5.74, 6) is 0.756. The van der Waals surface area contributed by atoms with Crippen molar-refractivity contribution in [3.05, 3.63) is 0 Å². The van der Waals surface area contributed by atoms with E-state index in [4.69, 9.17) is 0 Å². The zero-order chi connectivity index (χ0) is 15.6. The Morgan fingerprint density at radius 1 is 1.00 bits per heavy atom. The maximum atomic E-state index is 12.2. The summed E-state index contributed by atoms with van der Waals surface area (Å²) in [6.45, 7) is 7.88. The molecule has 0 aliphatic carbocycles. The van der Waals surface area contributed by atoms with E-state index in [0.717, 1.165) is 13.0 Å². The van der Waals surface area contributed by atoms with Gasteiger partial charge >= 0.3 is 137 Å². The molecule has 0 aromatic heterocycles. The second-order valence-corrected chi connectivity index (χ2v) is 21.2. The minimum absolute atomic E-state index is 0.375. The van der Waals surface area contributed by atoms with E-state index in [0.29, 0.717) is 11.8 Å². The molecule has 1 unspecified atom stereocenters. The molecule has 0 aromatic carbocycles. The van der Waals surface area contributed by atoms with E-state index in [2.05, 4.69) is 26.1 Å². The van der Waals surface area contributed by atoms with Gasteiger partial charge in [0, 0.05) is 0 Å². The third-order valence-electron chi connectivity index (χ3n) is 5.26. The summed E-state index contributed by atoms with van der Waals surface area (Å²) in [6, 6.07) is 0. The number of carbonyl (C=O) groups is 1. The molecule has 124 valence electrons. The summed E-state index contributed by atoms with van der Waals surface area (Å²) in [4.78, 5) is 12.2. The van der Waals surface area contributed by atoms with Crippen LogP contribution in [0.5, 0.6) is 0 Å². The van der Waals surface area contributed by atoms with E-state index in [-0.39, 0.29) is 0 Å². The molecule has 0 bridgehead atoms. The third kappa shape index (κ3) is 6.92. The van der Waals surface area contributed by atoms with Crippen molar-refractivity contribution in [2.45, 2.75) is 89.9 Å². The average molecular weight is 402 g/mol. The van der Waals surface area contributed by atoms with Crippen LogP contribution in [0.3, 0.4) is 0 Å². The number of amides is 1. The molecule has 2 nitrogen and oxygen atoms in total. The molecule has 1 atom stereocenters. The van der Waals surface area contributed by atoms with Gasteiger partial charge in [-0.2, -0.15) is 0 Å². The van der Waals surface area contributed by atoms with Crippen molar-refractivity contribution >= 4 is 24.3 Å². The van der Waals surface area contributed by atoms with E-state index < -0.39 is 18.4 Å². The van der Waals surface area contributed by atoms with Crippen molar-refractivity contribution < 1.29 is 4.79 Å². The van der Waals surface area contributed by atoms with E-state index in [1.54, 1.807) is 0 Å². The summed E-state index contributed by atoms with van der Waals surface area (Å²) in [5, 5.41) is 3.12. The van der Waals surface area contributed by atoms with Gasteiger partial charge in [-0.15, -0.1) is 0 Å². The van der Waals surface area contributed by atoms with Crippen LogP contribution in [0.2, 0.25) is 17.7 Å². The topological polar surface area (TPSA) is 29.1 Å². The maximum absolute atomic E-state index is 12.2. The van der Waals surface area contributed by atoms with Gasteiger partial charge < -0.3 is 0 Å². The molecule has 1 amide bonds. The first-order chi connectivity index (χ1) is 10.2. The number of unbranched alkanes of at least 4 members (excludes halogenated alkanes) is 3. The van der Waals surface area contributed by atoms with Crippen molar-refractivity contribution in [3.63, 3.8) is 0 Å². The summed E-state index contributed by atoms with van der Waals surface area (Å²) in [6.07, 6.45) is 10.6. The van der Waals surface area contributed by atoms with E-state index in [1.807, 2.05) is 0 Å². The van der Waals surface area contributed by atoms with Crippen LogP contribution in [0, 0.1) is 5.92 Å². The molecule has 3 heteroatoms. The molecule has 1 saturated heterocycles. The summed E-state index contributed by atoms with van der Waals surface area (Å²) in [5.41, 5.74) is 0. The SMILES string of the molecule is CCC[CH2][Sn]([CH2]CCC)([CH2]CCC)[CH2]C1CCCNC1=O. The van der Waals surface area contributed by atoms with Crippen LogP contribution in [0.1, 0.15) is 72.1 Å². The van der Waals surface area contributed by atoms with Crippen molar-refractivity contribution in [3.8, 4) is 0 Å². The van der Waals surface area contributed by atoms with Gasteiger partial charge in [0.2, 0.25) is 0 Å². The van der Waals surface area contributed by atoms with Crippen LogP contribution in [-0.2, 0) is 4.79 Å². The van der Waals surface area contributed by atoms with Crippen LogP contribution in [0.15, 0.2) is 0 Å². The zero-order valence-electron chi connectivity index (χ0n) is 14.7. The summed E-state index contributed by atoms with van der Waals surface area (Å²) < 4.78 is 5.96. The molecule has 0 spiro atoms. The first-order valence-electron chi connectivity index (χ1n) is 9.45. The Morgan fingerprint density at radius 2 is 1.52 bits per heavy atom. The van der Waals surface area contributed by atoms with E-state index in [1.165, 1.54) is 62.7 Å². The van der Waals surface area contributed by atoms with Crippen LogP contribution < -0.4 is 5.32 Å². The van der Waals surface area contributed by atoms with Gasteiger partial charge in [-0.1, -0.05) is 0 Å². The fourth-order valence-electron chi connectivity index (χ4n) is 3.89. The number of piperidine rings is 1. The summed E-state index contributed by atoms with van der Waals surface area (Å²) >= 11 is -2.11. The van der Waals surface area contributed by atoms with Gasteiger partial charge in [0.25, 0.3) is 0 Å². The van der Waals surface area contributed by atoms with Crippen LogP contribution in [-0.4, -0.2) is 30.8 Å². The van der Waals surface area contributed by atoms with Gasteiger partial charge in [-0.05, 0) is 0 Å². The Kier molecular flexibility index (Phi) is 10.0. The molecule has 1 aliphatic rings. The fraction of sp³-hybridized carbons (Fsp3) is 0.944. The Hall–Kier alpha value is 0.269. The quantitative estimate of drug-likeness (QED) is 0.463. The second-order valence-electron chi connectivity index (χ2n) is 7.14. The Bertz CT molecular complexity index is 271. The Morgan fingerprint density at radius 3 is 1.95 bits per heavy atom. The molecular formula is C18H37NOSn. The number of hydrogen-bond acceptors (Lipinski definition) is 1. The molecule has 1 aliphatic heterocycles. The molecule has 1 fully saturated rings. The predicted octanol–water partition coefficient (Wildman–Crippen LogP) is 5.36. The monoisotopic (exact) mass is 403 g/mol. The Labute approximate surface area is 136 Å². The predicted molar refractivity (Wildman–Crippen MR) is 95.4 cm³/mol. The Balaban J connectivity index is 2.75. The van der Waals surface area contributed by atoms with E-state index in [9.17, 15) is 4.79 Å². The van der Waals surface area contributed by atoms with Crippen molar-refractivity contribution in [2.24, 2.45) is 5.92 Å². The van der Waals surface area contributed by atoms with Crippen LogP contribution in [0.25, 0.3) is 0 Å². The van der Waals surface area contributed by atoms with Gasteiger partial charge in [0.1, 0.15) is 0 Å². The standard InChI is InChI=1S/C6H10NO.3C4H9.Sn/c1-5-3-2-4-7-6(5)8;3*1-3-4-2;/h5H,1-4H2,(H,7,8);3*1,3-4H2,2H3;. The first-order valence-corrected chi connectivity index (χ1v) is 17.5. The van der Waals surface area contributed by atoms with Crippen LogP contribution in [0.4, 0.5) is 0 Å². The van der Waals surface area contributed by atoms with Gasteiger partial charge in [-0.25, -0.2) is 0 Å². The van der Waals surface area contributed by atoms with Crippen molar-refractivity contribution in [2.75, 3.05) is 6.54 Å². The number of nitrogens with one attached hydrogen (secondary N) is 1. The second kappa shape index (κ2) is 10.9. The number of rotatable bonds is 11. The van der Waals surface area contributed by atoms with Gasteiger partial charge in [0.15, 0.2) is 0 Å². The zero-order valence-corrected chi connectivity index (χ0v) is 17.5. The van der Waals surface area contributed by atoms with Gasteiger partial charge in [0.05, 0.1) is 0 Å². The van der Waals surface area contributed by atoms with Crippen molar-refractivity contribution in [1.82, 2.24) is 5.32 Å². The number of hydrogen-bond donors (Lipinski definition) is 1.